The number of aryl methyl sites for hydroxylation is 1. The summed E-state index contributed by atoms with van der Waals surface area (Å²) < 4.78 is 40.7. The van der Waals surface area contributed by atoms with Gasteiger partial charge in [-0.15, -0.1) is 0 Å². The van der Waals surface area contributed by atoms with Crippen molar-refractivity contribution in [3.05, 3.63) is 89.7 Å². The Bertz CT molecular complexity index is 1170. The molecule has 1 saturated heterocycles. The Morgan fingerprint density at radius 2 is 1.44 bits per heavy atom. The van der Waals surface area contributed by atoms with Gasteiger partial charge in [-0.2, -0.15) is 0 Å². The summed E-state index contributed by atoms with van der Waals surface area (Å²) in [6.45, 7) is 1.73. The van der Waals surface area contributed by atoms with Crippen LogP contribution in [0.4, 0.5) is 35.0 Å². The Kier molecular flexibility index (Phi) is 8.10. The highest BCUT2D eigenvalue weighted by molar-refractivity contribution is 5.91. The number of hydrogen-bond acceptors (Lipinski definition) is 3. The van der Waals surface area contributed by atoms with E-state index in [0.29, 0.717) is 50.4 Å². The lowest BCUT2D eigenvalue weighted by Gasteiger charge is -2.36. The van der Waals surface area contributed by atoms with E-state index in [4.69, 9.17) is 0 Å². The molecule has 0 bridgehead atoms. The number of halogens is 3. The molecule has 6 nitrogen and oxygen atoms in total. The maximum Gasteiger partial charge on any atom is 0.322 e. The van der Waals surface area contributed by atoms with Gasteiger partial charge in [0.15, 0.2) is 11.6 Å². The van der Waals surface area contributed by atoms with Crippen LogP contribution in [-0.2, 0) is 11.2 Å². The van der Waals surface area contributed by atoms with Crippen LogP contribution in [0.3, 0.4) is 0 Å². The van der Waals surface area contributed by atoms with E-state index in [9.17, 15) is 22.8 Å². The molecule has 4 rings (SSSR count). The third-order valence-corrected chi connectivity index (χ3v) is 6.03. The van der Waals surface area contributed by atoms with Gasteiger partial charge in [0.05, 0.1) is 0 Å². The molecule has 1 aliphatic rings. The first kappa shape index (κ1) is 25.1. The molecule has 36 heavy (non-hydrogen) atoms. The van der Waals surface area contributed by atoms with Gasteiger partial charge in [0.25, 0.3) is 0 Å². The standard InChI is InChI=1S/C27H27F3N4O2/c28-20-17-23(29)26(24(30)18-20)32-27(36)34-15-13-33(14-16-34)22-11-9-21(10-12-22)31-25(35)8-4-7-19-5-2-1-3-6-19/h1-3,5-6,9-12,17-18H,4,7-8,13-16H2,(H,31,35)(H,32,36). The Labute approximate surface area is 207 Å². The number of carbonyl (C=O) groups is 2. The van der Waals surface area contributed by atoms with E-state index < -0.39 is 29.2 Å². The van der Waals surface area contributed by atoms with Crippen molar-refractivity contribution in [2.24, 2.45) is 0 Å². The van der Waals surface area contributed by atoms with Gasteiger partial charge in [-0.25, -0.2) is 18.0 Å². The van der Waals surface area contributed by atoms with Crippen molar-refractivity contribution < 1.29 is 22.8 Å². The Balaban J connectivity index is 1.22. The molecule has 0 spiro atoms. The predicted molar refractivity (Wildman–Crippen MR) is 134 cm³/mol. The second-order valence-corrected chi connectivity index (χ2v) is 8.58. The summed E-state index contributed by atoms with van der Waals surface area (Å²) in [5.41, 5.74) is 2.20. The minimum atomic E-state index is -1.16. The molecule has 0 aliphatic carbocycles. The molecule has 188 valence electrons. The number of urea groups is 1. The normalized spacial score (nSPS) is 13.4. The van der Waals surface area contributed by atoms with Gasteiger partial charge in [-0.1, -0.05) is 30.3 Å². The van der Waals surface area contributed by atoms with Crippen LogP contribution in [0.1, 0.15) is 18.4 Å². The first-order chi connectivity index (χ1) is 17.4. The zero-order valence-corrected chi connectivity index (χ0v) is 19.6. The number of anilines is 3. The van der Waals surface area contributed by atoms with Crippen LogP contribution in [0, 0.1) is 17.5 Å². The molecule has 0 aromatic heterocycles. The zero-order chi connectivity index (χ0) is 25.5. The summed E-state index contributed by atoms with van der Waals surface area (Å²) in [6, 6.07) is 17.9. The highest BCUT2D eigenvalue weighted by Crippen LogP contribution is 2.23. The topological polar surface area (TPSA) is 64.7 Å². The van der Waals surface area contributed by atoms with E-state index in [1.54, 1.807) is 0 Å². The molecule has 9 heteroatoms. The minimum Gasteiger partial charge on any atom is -0.368 e. The second kappa shape index (κ2) is 11.6. The van der Waals surface area contributed by atoms with E-state index in [1.165, 1.54) is 10.5 Å². The number of nitrogens with zero attached hydrogens (tertiary/aromatic N) is 2. The number of piperazine rings is 1. The SMILES string of the molecule is O=C(CCCc1ccccc1)Nc1ccc(N2CCN(C(=O)Nc3c(F)cc(F)cc3F)CC2)cc1. The monoisotopic (exact) mass is 496 g/mol. The van der Waals surface area contributed by atoms with E-state index in [-0.39, 0.29) is 5.91 Å². The fourth-order valence-electron chi connectivity index (χ4n) is 4.09. The largest absolute Gasteiger partial charge is 0.368 e. The number of amides is 3. The number of rotatable bonds is 7. The van der Waals surface area contributed by atoms with E-state index in [1.807, 2.05) is 54.6 Å². The Morgan fingerprint density at radius 3 is 2.08 bits per heavy atom. The van der Waals surface area contributed by atoms with Gasteiger partial charge in [-0.3, -0.25) is 4.79 Å². The van der Waals surface area contributed by atoms with E-state index in [2.05, 4.69) is 15.5 Å². The van der Waals surface area contributed by atoms with Gasteiger partial charge in [0.2, 0.25) is 5.91 Å². The average molecular weight is 497 g/mol. The van der Waals surface area contributed by atoms with Crippen LogP contribution in [0.15, 0.2) is 66.7 Å². The van der Waals surface area contributed by atoms with Crippen LogP contribution >= 0.6 is 0 Å². The fraction of sp³-hybridized carbons (Fsp3) is 0.259. The maximum absolute atomic E-state index is 13.8. The van der Waals surface area contributed by atoms with Crippen molar-refractivity contribution in [2.75, 3.05) is 41.7 Å². The second-order valence-electron chi connectivity index (χ2n) is 8.58. The van der Waals surface area contributed by atoms with Crippen LogP contribution in [0.25, 0.3) is 0 Å². The summed E-state index contributed by atoms with van der Waals surface area (Å²) in [5.74, 6) is -3.41. The molecule has 1 aliphatic heterocycles. The molecule has 3 aromatic carbocycles. The molecule has 3 amide bonds. The van der Waals surface area contributed by atoms with Gasteiger partial charge < -0.3 is 20.4 Å². The molecule has 0 unspecified atom stereocenters. The zero-order valence-electron chi connectivity index (χ0n) is 19.6. The average Bonchev–Trinajstić information content (AvgIpc) is 2.87. The lowest BCUT2D eigenvalue weighted by Crippen LogP contribution is -2.50. The summed E-state index contributed by atoms with van der Waals surface area (Å²) in [5, 5.41) is 5.10. The Hall–Kier alpha value is -4.01. The lowest BCUT2D eigenvalue weighted by molar-refractivity contribution is -0.116. The number of benzene rings is 3. The van der Waals surface area contributed by atoms with Crippen LogP contribution in [0.5, 0.6) is 0 Å². The fourth-order valence-corrected chi connectivity index (χ4v) is 4.09. The van der Waals surface area contributed by atoms with E-state index in [0.717, 1.165) is 18.5 Å². The smallest absolute Gasteiger partial charge is 0.322 e. The van der Waals surface area contributed by atoms with Crippen molar-refractivity contribution in [3.63, 3.8) is 0 Å². The maximum atomic E-state index is 13.8. The van der Waals surface area contributed by atoms with Crippen molar-refractivity contribution in [1.82, 2.24) is 4.90 Å². The third kappa shape index (κ3) is 6.56. The molecule has 0 radical (unpaired) electrons. The number of nitrogens with one attached hydrogen (secondary N) is 2. The molecular weight excluding hydrogens is 469 g/mol. The quantitative estimate of drug-likeness (QED) is 0.459. The lowest BCUT2D eigenvalue weighted by atomic mass is 10.1. The van der Waals surface area contributed by atoms with Crippen molar-refractivity contribution in [3.8, 4) is 0 Å². The number of carbonyl (C=O) groups excluding carboxylic acids is 2. The van der Waals surface area contributed by atoms with Crippen LogP contribution in [-0.4, -0.2) is 43.0 Å². The first-order valence-corrected chi connectivity index (χ1v) is 11.8. The van der Waals surface area contributed by atoms with Gasteiger partial charge in [0.1, 0.15) is 11.5 Å². The van der Waals surface area contributed by atoms with Gasteiger partial charge in [0, 0.05) is 56.1 Å². The molecule has 0 saturated carbocycles. The Morgan fingerprint density at radius 1 is 0.806 bits per heavy atom. The van der Waals surface area contributed by atoms with Crippen molar-refractivity contribution in [2.45, 2.75) is 19.3 Å². The van der Waals surface area contributed by atoms with Gasteiger partial charge >= 0.3 is 6.03 Å². The predicted octanol–water partition coefficient (Wildman–Crippen LogP) is 5.42. The highest BCUT2D eigenvalue weighted by atomic mass is 19.1. The van der Waals surface area contributed by atoms with Gasteiger partial charge in [-0.05, 0) is 42.7 Å². The van der Waals surface area contributed by atoms with Crippen LogP contribution in [0.2, 0.25) is 0 Å². The minimum absolute atomic E-state index is 0.0349. The summed E-state index contributed by atoms with van der Waals surface area (Å²) in [7, 11) is 0. The summed E-state index contributed by atoms with van der Waals surface area (Å²) >= 11 is 0. The highest BCUT2D eigenvalue weighted by Gasteiger charge is 2.23. The first-order valence-electron chi connectivity index (χ1n) is 11.8. The number of hydrogen-bond donors (Lipinski definition) is 2. The van der Waals surface area contributed by atoms with Crippen molar-refractivity contribution in [1.29, 1.82) is 0 Å². The van der Waals surface area contributed by atoms with Crippen LogP contribution < -0.4 is 15.5 Å². The molecule has 1 heterocycles. The molecule has 0 atom stereocenters. The molecule has 2 N–H and O–H groups in total. The summed E-state index contributed by atoms with van der Waals surface area (Å²) in [6.07, 6.45) is 2.06. The third-order valence-electron chi connectivity index (χ3n) is 6.03. The molecular formula is C27H27F3N4O2. The summed E-state index contributed by atoms with van der Waals surface area (Å²) in [4.78, 5) is 28.2. The van der Waals surface area contributed by atoms with Crippen molar-refractivity contribution >= 4 is 29.0 Å². The molecule has 1 fully saturated rings. The van der Waals surface area contributed by atoms with E-state index >= 15 is 0 Å². The molecule has 3 aromatic rings.